The maximum absolute atomic E-state index is 11.7. The Kier molecular flexibility index (Phi) is 12.3. The molecule has 4 aromatic carbocycles. The molecule has 0 radical (unpaired) electrons. The maximum Gasteiger partial charge on any atom is 1.00 e. The molecule has 0 amide bonds. The molecule has 0 aliphatic heterocycles. The summed E-state index contributed by atoms with van der Waals surface area (Å²) in [4.78, 5) is 3.32. The van der Waals surface area contributed by atoms with Crippen LogP contribution in [0, 0.1) is 0 Å². The van der Waals surface area contributed by atoms with Crippen molar-refractivity contribution < 1.29 is 60.1 Å². The Hall–Kier alpha value is -3.81. The van der Waals surface area contributed by atoms with Gasteiger partial charge in [-0.1, -0.05) is 36.4 Å². The topological polar surface area (TPSA) is 124 Å². The fraction of sp³-hybridized carbons (Fsp3) is 0.162. The van der Waals surface area contributed by atoms with E-state index in [1.807, 2.05) is 90.8 Å². The van der Waals surface area contributed by atoms with E-state index in [2.05, 4.69) is 24.3 Å². The van der Waals surface area contributed by atoms with Crippen LogP contribution in [0.5, 0.6) is 0 Å². The molecule has 0 unspecified atom stereocenters. The Morgan fingerprint density at radius 3 is 1.31 bits per heavy atom. The van der Waals surface area contributed by atoms with Crippen LogP contribution in [0.4, 0.5) is 22.7 Å². The second-order valence-corrected chi connectivity index (χ2v) is 14.1. The molecule has 0 atom stereocenters. The zero-order valence-corrected chi connectivity index (χ0v) is 31.7. The van der Waals surface area contributed by atoms with Gasteiger partial charge < -0.3 is 18.9 Å². The average Bonchev–Trinajstić information content (AvgIpc) is 3.07. The average molecular weight is 706 g/mol. The summed E-state index contributed by atoms with van der Waals surface area (Å²) in [5.41, 5.74) is 7.82. The molecule has 0 bridgehead atoms. The van der Waals surface area contributed by atoms with E-state index in [1.54, 1.807) is 24.3 Å². The summed E-state index contributed by atoms with van der Waals surface area (Å²) in [6.07, 6.45) is 8.27. The predicted octanol–water partition coefficient (Wildman–Crippen LogP) is 3.46. The first-order valence-corrected chi connectivity index (χ1v) is 18.1. The fourth-order valence-electron chi connectivity index (χ4n) is 5.68. The van der Waals surface area contributed by atoms with Crippen molar-refractivity contribution in [3.8, 4) is 0 Å². The third kappa shape index (κ3) is 8.87. The van der Waals surface area contributed by atoms with Gasteiger partial charge in [0.15, 0.2) is 5.71 Å². The predicted molar refractivity (Wildman–Crippen MR) is 188 cm³/mol. The fourth-order valence-corrected chi connectivity index (χ4v) is 6.71. The Morgan fingerprint density at radius 2 is 0.980 bits per heavy atom. The van der Waals surface area contributed by atoms with Crippen LogP contribution >= 0.6 is 0 Å². The van der Waals surface area contributed by atoms with E-state index in [1.165, 1.54) is 24.3 Å². The van der Waals surface area contributed by atoms with Crippen molar-refractivity contribution in [1.29, 1.82) is 0 Å². The molecule has 0 heterocycles. The largest absolute Gasteiger partial charge is 1.00 e. The molecule has 5 rings (SSSR count). The Labute approximate surface area is 311 Å². The molecular weight excluding hydrogens is 670 g/mol. The van der Waals surface area contributed by atoms with Crippen LogP contribution in [-0.2, 0) is 20.2 Å². The van der Waals surface area contributed by atoms with Crippen molar-refractivity contribution >= 4 is 54.3 Å². The summed E-state index contributed by atoms with van der Waals surface area (Å²) >= 11 is 0. The first-order chi connectivity index (χ1) is 22.8. The minimum absolute atomic E-state index is 0. The molecule has 0 N–H and O–H groups in total. The van der Waals surface area contributed by atoms with E-state index in [9.17, 15) is 25.9 Å². The van der Waals surface area contributed by atoms with E-state index in [-0.39, 0.29) is 39.3 Å². The maximum atomic E-state index is 11.7. The first kappa shape index (κ1) is 38.0. The summed E-state index contributed by atoms with van der Waals surface area (Å²) in [6.45, 7) is 4.99. The second-order valence-electron chi connectivity index (χ2n) is 11.3. The number of hydrogen-bond acceptors (Lipinski definition) is 8. The van der Waals surface area contributed by atoms with E-state index in [4.69, 9.17) is 0 Å². The van der Waals surface area contributed by atoms with Crippen molar-refractivity contribution in [2.75, 3.05) is 37.0 Å². The van der Waals surface area contributed by atoms with Gasteiger partial charge in [0.05, 0.1) is 9.79 Å². The molecule has 0 fully saturated rings. The minimum Gasteiger partial charge on any atom is -0.744 e. The normalized spacial score (nSPS) is 12.8. The molecule has 12 heteroatoms. The number of anilines is 4. The Morgan fingerprint density at radius 1 is 0.592 bits per heavy atom. The van der Waals surface area contributed by atoms with Gasteiger partial charge >= 0.3 is 29.6 Å². The Bertz CT molecular complexity index is 2020. The van der Waals surface area contributed by atoms with Gasteiger partial charge in [-0.05, 0) is 109 Å². The van der Waals surface area contributed by atoms with Crippen molar-refractivity contribution in [2.24, 2.45) is 0 Å². The van der Waals surface area contributed by atoms with Crippen LogP contribution in [-0.4, -0.2) is 63.4 Å². The van der Waals surface area contributed by atoms with Crippen molar-refractivity contribution in [3.63, 3.8) is 0 Å². The van der Waals surface area contributed by atoms with E-state index < -0.39 is 20.2 Å². The van der Waals surface area contributed by atoms with Crippen LogP contribution in [0.1, 0.15) is 25.0 Å². The van der Waals surface area contributed by atoms with Crippen LogP contribution in [0.15, 0.2) is 137 Å². The summed E-state index contributed by atoms with van der Waals surface area (Å²) in [5, 5.41) is 0. The minimum atomic E-state index is -4.59. The molecule has 4 aromatic rings. The number of benzene rings is 4. The number of nitrogens with zero attached hydrogens (tertiary/aromatic N) is 3. The van der Waals surface area contributed by atoms with Gasteiger partial charge in [0.2, 0.25) is 0 Å². The smallest absolute Gasteiger partial charge is 0.744 e. The van der Waals surface area contributed by atoms with Gasteiger partial charge in [0, 0.05) is 48.0 Å². The molecule has 9 nitrogen and oxygen atoms in total. The number of hydrogen-bond donors (Lipinski definition) is 0. The van der Waals surface area contributed by atoms with E-state index in [0.717, 1.165) is 39.4 Å². The monoisotopic (exact) mass is 705 g/mol. The van der Waals surface area contributed by atoms with Crippen molar-refractivity contribution in [1.82, 2.24) is 0 Å². The van der Waals surface area contributed by atoms with Gasteiger partial charge in [-0.15, -0.1) is 0 Å². The van der Waals surface area contributed by atoms with Gasteiger partial charge in [-0.25, -0.2) is 21.4 Å². The van der Waals surface area contributed by atoms with Gasteiger partial charge in [0.25, 0.3) is 0 Å². The molecule has 0 saturated heterocycles. The summed E-state index contributed by atoms with van der Waals surface area (Å²) < 4.78 is 72.0. The van der Waals surface area contributed by atoms with Crippen LogP contribution < -0.4 is 39.4 Å². The third-order valence-corrected chi connectivity index (χ3v) is 9.74. The third-order valence-electron chi connectivity index (χ3n) is 8.08. The summed E-state index contributed by atoms with van der Waals surface area (Å²) in [5.74, 6) is 0. The first-order valence-electron chi connectivity index (χ1n) is 15.3. The van der Waals surface area contributed by atoms with Gasteiger partial charge in [0.1, 0.15) is 34.3 Å². The molecule has 0 aromatic heterocycles. The summed E-state index contributed by atoms with van der Waals surface area (Å²) in [6, 6.07) is 28.0. The summed E-state index contributed by atoms with van der Waals surface area (Å²) in [7, 11) is -5.21. The van der Waals surface area contributed by atoms with Crippen LogP contribution in [0.25, 0.3) is 5.57 Å². The molecule has 1 aliphatic carbocycles. The van der Waals surface area contributed by atoms with Gasteiger partial charge in [-0.3, -0.25) is 0 Å². The quantitative estimate of drug-likeness (QED) is 0.140. The van der Waals surface area contributed by atoms with Crippen LogP contribution in [0.3, 0.4) is 0 Å². The number of rotatable bonds is 10. The molecule has 248 valence electrons. The molecule has 1 aliphatic rings. The molecular formula is C37H36N3NaO6S2. The Balaban J connectivity index is 0.00000541. The zero-order chi connectivity index (χ0) is 34.6. The van der Waals surface area contributed by atoms with Crippen molar-refractivity contribution in [3.05, 3.63) is 138 Å². The molecule has 0 spiro atoms. The number of allylic oxidation sites excluding steroid dienone is 5. The van der Waals surface area contributed by atoms with Crippen LogP contribution in [0.2, 0.25) is 0 Å². The molecule has 0 saturated carbocycles. The zero-order valence-electron chi connectivity index (χ0n) is 28.1. The van der Waals surface area contributed by atoms with E-state index in [0.29, 0.717) is 24.5 Å². The molecule has 49 heavy (non-hydrogen) atoms. The second kappa shape index (κ2) is 15.8. The van der Waals surface area contributed by atoms with E-state index >= 15 is 0 Å². The SMILES string of the molecule is CCN(c1ccc(C(=C2C=CC(=[N+](C)C)C=C2)c2ccc(N(CC)c3cccc(S(=O)(=O)[O-])c3)cc2)cc1)c1cccc(S(=O)(=O)[O-])c1.[Na+]. The van der Waals surface area contributed by atoms with Crippen molar-refractivity contribution in [2.45, 2.75) is 23.6 Å². The van der Waals surface area contributed by atoms with Gasteiger partial charge in [-0.2, -0.15) is 0 Å². The standard InChI is InChI=1S/C37H37N3O6S2.Na/c1-5-39(33-9-7-11-35(25-33)47(41,42)43)31-21-15-28(16-22-31)37(27-13-19-30(20-14-27)38(3)4)29-17-23-32(24-18-29)40(6-2)34-10-8-12-36(26-34)48(44,45)46;/h7-26H,5-6H2,1-4H3,(H-,41,42,43,44,45,46);/q;+1/p-1.